The van der Waals surface area contributed by atoms with Gasteiger partial charge >= 0.3 is 0 Å². The van der Waals surface area contributed by atoms with Crippen molar-refractivity contribution in [2.45, 2.75) is 25.3 Å². The molecule has 1 saturated heterocycles. The van der Waals surface area contributed by atoms with Crippen LogP contribution in [-0.2, 0) is 0 Å². The van der Waals surface area contributed by atoms with Crippen molar-refractivity contribution in [3.8, 4) is 10.6 Å². The van der Waals surface area contributed by atoms with Gasteiger partial charge in [-0.25, -0.2) is 0 Å². The van der Waals surface area contributed by atoms with Gasteiger partial charge < -0.3 is 10.6 Å². The molecule has 0 saturated carbocycles. The third kappa shape index (κ3) is 2.94. The van der Waals surface area contributed by atoms with E-state index < -0.39 is 0 Å². The maximum Gasteiger partial charge on any atom is 0.208 e. The summed E-state index contributed by atoms with van der Waals surface area (Å²) in [5.41, 5.74) is 7.30. The summed E-state index contributed by atoms with van der Waals surface area (Å²) in [5, 5.41) is 13.3. The Hall–Kier alpha value is -1.98. The summed E-state index contributed by atoms with van der Waals surface area (Å²) in [6, 6.07) is 14.8. The number of fused-ring (bicyclic) bond motifs is 1. The standard InChI is InChI=1S/C18H20N4S/c1-18(19)8-10-22(11-9-18)17-21-20-16(23-17)15-7-6-13-4-2-3-5-14(13)12-15/h2-7,12H,8-11,19H2,1H3. The van der Waals surface area contributed by atoms with Crippen LogP contribution in [0.1, 0.15) is 19.8 Å². The predicted molar refractivity (Wildman–Crippen MR) is 96.9 cm³/mol. The van der Waals surface area contributed by atoms with Crippen LogP contribution < -0.4 is 10.6 Å². The molecule has 2 N–H and O–H groups in total. The van der Waals surface area contributed by atoms with Crippen molar-refractivity contribution < 1.29 is 0 Å². The quantitative estimate of drug-likeness (QED) is 0.781. The lowest BCUT2D eigenvalue weighted by Gasteiger charge is -2.36. The van der Waals surface area contributed by atoms with E-state index in [2.05, 4.69) is 64.5 Å². The molecule has 0 bridgehead atoms. The zero-order valence-electron chi connectivity index (χ0n) is 13.2. The minimum Gasteiger partial charge on any atom is -0.347 e. The van der Waals surface area contributed by atoms with Crippen LogP contribution >= 0.6 is 11.3 Å². The number of nitrogens with zero attached hydrogens (tertiary/aromatic N) is 3. The first-order valence-electron chi connectivity index (χ1n) is 7.97. The third-order valence-corrected chi connectivity index (χ3v) is 5.62. The lowest BCUT2D eigenvalue weighted by atomic mass is 9.91. The Bertz CT molecular complexity index is 830. The molecule has 118 valence electrons. The summed E-state index contributed by atoms with van der Waals surface area (Å²) in [5.74, 6) is 0. The molecule has 23 heavy (non-hydrogen) atoms. The van der Waals surface area contributed by atoms with Crippen molar-refractivity contribution in [1.29, 1.82) is 0 Å². The number of benzene rings is 2. The SMILES string of the molecule is CC1(N)CCN(c2nnc(-c3ccc4ccccc4c3)s2)CC1. The molecule has 4 rings (SSSR count). The van der Waals surface area contributed by atoms with Crippen molar-refractivity contribution >= 4 is 27.2 Å². The predicted octanol–water partition coefficient (Wildman–Crippen LogP) is 3.68. The smallest absolute Gasteiger partial charge is 0.208 e. The number of nitrogens with two attached hydrogens (primary N) is 1. The molecule has 0 radical (unpaired) electrons. The fraction of sp³-hybridized carbons (Fsp3) is 0.333. The fourth-order valence-electron chi connectivity index (χ4n) is 2.99. The molecule has 2 aromatic carbocycles. The molecular weight excluding hydrogens is 304 g/mol. The van der Waals surface area contributed by atoms with Crippen LogP contribution in [-0.4, -0.2) is 28.8 Å². The molecule has 3 aromatic rings. The van der Waals surface area contributed by atoms with Gasteiger partial charge in [-0.3, -0.25) is 0 Å². The first kappa shape index (κ1) is 14.6. The minimum absolute atomic E-state index is 0.0393. The van der Waals surface area contributed by atoms with E-state index in [0.717, 1.165) is 41.6 Å². The van der Waals surface area contributed by atoms with Crippen LogP contribution in [0.2, 0.25) is 0 Å². The number of piperidine rings is 1. The number of hydrogen-bond acceptors (Lipinski definition) is 5. The number of aromatic nitrogens is 2. The zero-order valence-corrected chi connectivity index (χ0v) is 14.0. The highest BCUT2D eigenvalue weighted by Crippen LogP contribution is 2.32. The molecule has 0 amide bonds. The molecule has 5 heteroatoms. The normalized spacial score (nSPS) is 17.6. The Labute approximate surface area is 140 Å². The summed E-state index contributed by atoms with van der Waals surface area (Å²) < 4.78 is 0. The maximum atomic E-state index is 6.21. The highest BCUT2D eigenvalue weighted by Gasteiger charge is 2.27. The fourth-order valence-corrected chi connectivity index (χ4v) is 3.88. The topological polar surface area (TPSA) is 55.0 Å². The van der Waals surface area contributed by atoms with Gasteiger partial charge in [-0.2, -0.15) is 0 Å². The molecule has 0 atom stereocenters. The summed E-state index contributed by atoms with van der Waals surface area (Å²) in [4.78, 5) is 2.30. The first-order chi connectivity index (χ1) is 11.1. The van der Waals surface area contributed by atoms with E-state index in [1.165, 1.54) is 10.8 Å². The van der Waals surface area contributed by atoms with E-state index >= 15 is 0 Å². The average Bonchev–Trinajstić information content (AvgIpc) is 3.04. The van der Waals surface area contributed by atoms with Crippen molar-refractivity contribution in [2.75, 3.05) is 18.0 Å². The van der Waals surface area contributed by atoms with Gasteiger partial charge in [0.05, 0.1) is 0 Å². The van der Waals surface area contributed by atoms with Crippen LogP contribution in [0.3, 0.4) is 0 Å². The van der Waals surface area contributed by atoms with E-state index in [-0.39, 0.29) is 5.54 Å². The molecule has 0 unspecified atom stereocenters. The van der Waals surface area contributed by atoms with Crippen LogP contribution in [0, 0.1) is 0 Å². The van der Waals surface area contributed by atoms with Crippen molar-refractivity contribution in [2.24, 2.45) is 5.73 Å². The Balaban J connectivity index is 1.59. The highest BCUT2D eigenvalue weighted by atomic mass is 32.1. The minimum atomic E-state index is -0.0393. The maximum absolute atomic E-state index is 6.21. The molecular formula is C18H20N4S. The lowest BCUT2D eigenvalue weighted by Crippen LogP contribution is -2.48. The van der Waals surface area contributed by atoms with E-state index in [1.807, 2.05) is 0 Å². The number of hydrogen-bond donors (Lipinski definition) is 1. The average molecular weight is 324 g/mol. The molecule has 0 spiro atoms. The van der Waals surface area contributed by atoms with E-state index in [9.17, 15) is 0 Å². The van der Waals surface area contributed by atoms with Gasteiger partial charge in [0.2, 0.25) is 5.13 Å². The second-order valence-corrected chi connectivity index (χ2v) is 7.55. The lowest BCUT2D eigenvalue weighted by molar-refractivity contribution is 0.364. The van der Waals surface area contributed by atoms with Crippen LogP contribution in [0.5, 0.6) is 0 Å². The summed E-state index contributed by atoms with van der Waals surface area (Å²) in [6.07, 6.45) is 2.00. The Morgan fingerprint density at radius 3 is 2.57 bits per heavy atom. The number of anilines is 1. The molecule has 1 aliphatic heterocycles. The Morgan fingerprint density at radius 2 is 1.78 bits per heavy atom. The summed E-state index contributed by atoms with van der Waals surface area (Å²) in [6.45, 7) is 4.05. The Morgan fingerprint density at radius 1 is 1.04 bits per heavy atom. The molecule has 2 heterocycles. The highest BCUT2D eigenvalue weighted by molar-refractivity contribution is 7.18. The molecule has 4 nitrogen and oxygen atoms in total. The summed E-state index contributed by atoms with van der Waals surface area (Å²) in [7, 11) is 0. The molecule has 1 aliphatic rings. The van der Waals surface area contributed by atoms with Gasteiger partial charge in [0.25, 0.3) is 0 Å². The Kier molecular flexibility index (Phi) is 3.54. The largest absolute Gasteiger partial charge is 0.347 e. The second-order valence-electron chi connectivity index (χ2n) is 6.59. The van der Waals surface area contributed by atoms with Crippen molar-refractivity contribution in [3.63, 3.8) is 0 Å². The summed E-state index contributed by atoms with van der Waals surface area (Å²) >= 11 is 1.66. The van der Waals surface area contributed by atoms with Crippen LogP contribution in [0.15, 0.2) is 42.5 Å². The zero-order chi connectivity index (χ0) is 15.9. The van der Waals surface area contributed by atoms with Gasteiger partial charge in [-0.1, -0.05) is 47.7 Å². The van der Waals surface area contributed by atoms with Gasteiger partial charge in [0, 0.05) is 24.2 Å². The number of rotatable bonds is 2. The van der Waals surface area contributed by atoms with Gasteiger partial charge in [-0.05, 0) is 36.6 Å². The van der Waals surface area contributed by atoms with E-state index in [4.69, 9.17) is 5.73 Å². The van der Waals surface area contributed by atoms with E-state index in [0.29, 0.717) is 0 Å². The van der Waals surface area contributed by atoms with Gasteiger partial charge in [0.1, 0.15) is 5.01 Å². The molecule has 0 aliphatic carbocycles. The van der Waals surface area contributed by atoms with Crippen LogP contribution in [0.4, 0.5) is 5.13 Å². The van der Waals surface area contributed by atoms with Gasteiger partial charge in [-0.15, -0.1) is 10.2 Å². The third-order valence-electron chi connectivity index (χ3n) is 4.59. The van der Waals surface area contributed by atoms with Gasteiger partial charge in [0.15, 0.2) is 0 Å². The van der Waals surface area contributed by atoms with Crippen molar-refractivity contribution in [3.05, 3.63) is 42.5 Å². The molecule has 1 aromatic heterocycles. The van der Waals surface area contributed by atoms with Crippen molar-refractivity contribution in [1.82, 2.24) is 10.2 Å². The monoisotopic (exact) mass is 324 g/mol. The molecule has 1 fully saturated rings. The second kappa shape index (κ2) is 5.58. The van der Waals surface area contributed by atoms with E-state index in [1.54, 1.807) is 11.3 Å². The van der Waals surface area contributed by atoms with Crippen LogP contribution in [0.25, 0.3) is 21.3 Å². The first-order valence-corrected chi connectivity index (χ1v) is 8.79.